The first kappa shape index (κ1) is 20.9. The van der Waals surface area contributed by atoms with Crippen LogP contribution in [0, 0.1) is 11.8 Å². The third-order valence-corrected chi connectivity index (χ3v) is 4.95. The highest BCUT2D eigenvalue weighted by Crippen LogP contribution is 2.37. The molecule has 1 aliphatic carbocycles. The minimum atomic E-state index is -1.11. The van der Waals surface area contributed by atoms with E-state index in [1.807, 2.05) is 34.6 Å². The Morgan fingerprint density at radius 3 is 2.67 bits per heavy atom. The number of hydrogen-bond donors (Lipinski definition) is 2. The summed E-state index contributed by atoms with van der Waals surface area (Å²) < 4.78 is 5.70. The van der Waals surface area contributed by atoms with Gasteiger partial charge >= 0.3 is 5.97 Å². The van der Waals surface area contributed by atoms with Crippen LogP contribution in [0.2, 0.25) is 0 Å². The van der Waals surface area contributed by atoms with Gasteiger partial charge in [0.15, 0.2) is 0 Å². The molecule has 0 radical (unpaired) electrons. The summed E-state index contributed by atoms with van der Waals surface area (Å²) in [5.41, 5.74) is 1.08. The van der Waals surface area contributed by atoms with Crippen LogP contribution in [0.4, 0.5) is 0 Å². The normalized spacial score (nSPS) is 27.7. The van der Waals surface area contributed by atoms with Crippen molar-refractivity contribution in [2.45, 2.75) is 85.0 Å². The van der Waals surface area contributed by atoms with Crippen molar-refractivity contribution >= 4 is 5.97 Å². The maximum Gasteiger partial charge on any atom is 0.308 e. The summed E-state index contributed by atoms with van der Waals surface area (Å²) in [5, 5.41) is 21.5. The average Bonchev–Trinajstić information content (AvgIpc) is 2.44. The maximum atomic E-state index is 12.2. The Kier molecular flexibility index (Phi) is 7.68. The van der Waals surface area contributed by atoms with Gasteiger partial charge in [0.2, 0.25) is 0 Å². The number of hydrogen-bond acceptors (Lipinski definition) is 4. The van der Waals surface area contributed by atoms with E-state index in [-0.39, 0.29) is 11.9 Å². The fourth-order valence-electron chi connectivity index (χ4n) is 3.26. The molecule has 1 rings (SSSR count). The molecule has 4 heteroatoms. The van der Waals surface area contributed by atoms with E-state index in [0.717, 1.165) is 12.0 Å². The van der Waals surface area contributed by atoms with Crippen molar-refractivity contribution in [1.82, 2.24) is 0 Å². The Balaban J connectivity index is 2.95. The van der Waals surface area contributed by atoms with Gasteiger partial charge in [0, 0.05) is 6.42 Å². The third-order valence-electron chi connectivity index (χ3n) is 4.95. The molecule has 0 saturated carbocycles. The summed E-state index contributed by atoms with van der Waals surface area (Å²) in [5.74, 6) is -0.945. The Morgan fingerprint density at radius 1 is 1.50 bits per heavy atom. The SMILES string of the molecule is CCC(C)C(=O)OC1CC(C)=CC(O)C1C(C)(O)CCC=C(C)C. The van der Waals surface area contributed by atoms with Gasteiger partial charge in [0.25, 0.3) is 0 Å². The van der Waals surface area contributed by atoms with Crippen LogP contribution in [-0.2, 0) is 9.53 Å². The van der Waals surface area contributed by atoms with Crippen LogP contribution < -0.4 is 0 Å². The van der Waals surface area contributed by atoms with E-state index in [1.54, 1.807) is 13.0 Å². The van der Waals surface area contributed by atoms with E-state index in [0.29, 0.717) is 19.3 Å². The van der Waals surface area contributed by atoms with Gasteiger partial charge < -0.3 is 14.9 Å². The molecule has 1 aliphatic rings. The Morgan fingerprint density at radius 2 is 2.12 bits per heavy atom. The van der Waals surface area contributed by atoms with Gasteiger partial charge in [-0.2, -0.15) is 0 Å². The monoisotopic (exact) mass is 338 g/mol. The molecule has 0 aliphatic heterocycles. The van der Waals surface area contributed by atoms with Crippen molar-refractivity contribution in [2.24, 2.45) is 11.8 Å². The quantitative estimate of drug-likeness (QED) is 0.548. The Labute approximate surface area is 146 Å². The van der Waals surface area contributed by atoms with Crippen molar-refractivity contribution in [3.05, 3.63) is 23.3 Å². The molecule has 0 amide bonds. The fourth-order valence-corrected chi connectivity index (χ4v) is 3.26. The number of ether oxygens (including phenoxy) is 1. The highest BCUT2D eigenvalue weighted by molar-refractivity contribution is 5.72. The highest BCUT2D eigenvalue weighted by atomic mass is 16.5. The van der Waals surface area contributed by atoms with Crippen LogP contribution in [0.5, 0.6) is 0 Å². The smallest absolute Gasteiger partial charge is 0.308 e. The van der Waals surface area contributed by atoms with Gasteiger partial charge in [-0.1, -0.05) is 37.1 Å². The maximum absolute atomic E-state index is 12.2. The topological polar surface area (TPSA) is 66.8 Å². The van der Waals surface area contributed by atoms with Gasteiger partial charge in [0.05, 0.1) is 23.5 Å². The van der Waals surface area contributed by atoms with Gasteiger partial charge in [-0.3, -0.25) is 4.79 Å². The van der Waals surface area contributed by atoms with Gasteiger partial charge in [-0.05, 0) is 47.0 Å². The molecule has 4 nitrogen and oxygen atoms in total. The minimum Gasteiger partial charge on any atom is -0.461 e. The number of aliphatic hydroxyl groups excluding tert-OH is 1. The summed E-state index contributed by atoms with van der Waals surface area (Å²) >= 11 is 0. The van der Waals surface area contributed by atoms with E-state index in [4.69, 9.17) is 4.74 Å². The number of esters is 1. The first-order valence-corrected chi connectivity index (χ1v) is 9.00. The van der Waals surface area contributed by atoms with E-state index in [9.17, 15) is 15.0 Å². The number of aliphatic hydroxyl groups is 2. The summed E-state index contributed by atoms with van der Waals surface area (Å²) in [6.45, 7) is 11.5. The fraction of sp³-hybridized carbons (Fsp3) is 0.750. The second-order valence-electron chi connectivity index (χ2n) is 7.70. The lowest BCUT2D eigenvalue weighted by molar-refractivity contribution is -0.169. The summed E-state index contributed by atoms with van der Waals surface area (Å²) in [7, 11) is 0. The highest BCUT2D eigenvalue weighted by Gasteiger charge is 2.45. The number of allylic oxidation sites excluding steroid dienone is 2. The summed E-state index contributed by atoms with van der Waals surface area (Å²) in [6.07, 6.45) is 5.06. The van der Waals surface area contributed by atoms with Crippen LogP contribution >= 0.6 is 0 Å². The van der Waals surface area contributed by atoms with Crippen molar-refractivity contribution in [3.8, 4) is 0 Å². The number of carbonyl (C=O) groups is 1. The minimum absolute atomic E-state index is 0.176. The lowest BCUT2D eigenvalue weighted by Gasteiger charge is -2.42. The zero-order valence-corrected chi connectivity index (χ0v) is 16.0. The standard InChI is InChI=1S/C20H34O4/c1-7-15(5)19(22)24-17-12-14(4)11-16(21)18(17)20(6,23)10-8-9-13(2)3/h9,11,15-18,21,23H,7-8,10,12H2,1-6H3. The second-order valence-corrected chi connectivity index (χ2v) is 7.70. The molecule has 0 spiro atoms. The Hall–Kier alpha value is -1.13. The van der Waals surface area contributed by atoms with Crippen molar-refractivity contribution in [2.75, 3.05) is 0 Å². The van der Waals surface area contributed by atoms with Crippen molar-refractivity contribution < 1.29 is 19.7 Å². The average molecular weight is 338 g/mol. The van der Waals surface area contributed by atoms with E-state index in [2.05, 4.69) is 6.08 Å². The predicted molar refractivity (Wildman–Crippen MR) is 96.5 cm³/mol. The predicted octanol–water partition coefficient (Wildman–Crippen LogP) is 3.77. The molecular weight excluding hydrogens is 304 g/mol. The molecule has 0 bridgehead atoms. The van der Waals surface area contributed by atoms with Crippen LogP contribution in [-0.4, -0.2) is 34.0 Å². The zero-order valence-electron chi connectivity index (χ0n) is 16.0. The molecule has 5 atom stereocenters. The molecule has 2 N–H and O–H groups in total. The molecule has 0 aromatic rings. The lowest BCUT2D eigenvalue weighted by atomic mass is 9.73. The summed E-state index contributed by atoms with van der Waals surface area (Å²) in [6, 6.07) is 0. The zero-order chi connectivity index (χ0) is 18.5. The first-order chi connectivity index (χ1) is 11.1. The molecular formula is C20H34O4. The van der Waals surface area contributed by atoms with Gasteiger partial charge in [-0.15, -0.1) is 0 Å². The van der Waals surface area contributed by atoms with Gasteiger partial charge in [0.1, 0.15) is 6.10 Å². The van der Waals surface area contributed by atoms with E-state index in [1.165, 1.54) is 5.57 Å². The molecule has 138 valence electrons. The first-order valence-electron chi connectivity index (χ1n) is 9.00. The van der Waals surface area contributed by atoms with Crippen molar-refractivity contribution in [3.63, 3.8) is 0 Å². The van der Waals surface area contributed by atoms with Gasteiger partial charge in [-0.25, -0.2) is 0 Å². The molecule has 0 aromatic heterocycles. The van der Waals surface area contributed by atoms with Crippen LogP contribution in [0.1, 0.15) is 67.2 Å². The third kappa shape index (κ3) is 5.75. The van der Waals surface area contributed by atoms with Crippen molar-refractivity contribution in [1.29, 1.82) is 0 Å². The lowest BCUT2D eigenvalue weighted by Crippen LogP contribution is -2.51. The number of rotatable bonds is 7. The van der Waals surface area contributed by atoms with E-state index < -0.39 is 23.7 Å². The van der Waals surface area contributed by atoms with Crippen LogP contribution in [0.3, 0.4) is 0 Å². The second kappa shape index (κ2) is 8.82. The molecule has 0 fully saturated rings. The molecule has 0 aromatic carbocycles. The Bertz CT molecular complexity index is 486. The molecule has 5 unspecified atom stereocenters. The molecule has 0 saturated heterocycles. The van der Waals surface area contributed by atoms with E-state index >= 15 is 0 Å². The number of carbonyl (C=O) groups excluding carboxylic acids is 1. The molecule has 24 heavy (non-hydrogen) atoms. The summed E-state index contributed by atoms with van der Waals surface area (Å²) in [4.78, 5) is 12.2. The largest absolute Gasteiger partial charge is 0.461 e. The molecule has 0 heterocycles. The van der Waals surface area contributed by atoms with Crippen LogP contribution in [0.25, 0.3) is 0 Å². The van der Waals surface area contributed by atoms with Crippen LogP contribution in [0.15, 0.2) is 23.3 Å².